The number of hydrogen-bond donors (Lipinski definition) is 2. The Hall–Kier alpha value is -5.79. The highest BCUT2D eigenvalue weighted by atomic mass is 35.5. The molecular formula is C46H49ClF4N8O7S2. The number of pyridine rings is 1. The van der Waals surface area contributed by atoms with Gasteiger partial charge in [0, 0.05) is 19.2 Å². The summed E-state index contributed by atoms with van der Waals surface area (Å²) < 4.78 is 73.3. The average molecular weight is 1000 g/mol. The molecule has 2 aliphatic rings. The minimum Gasteiger partial charge on any atom is -0.475 e. The Morgan fingerprint density at radius 2 is 1.74 bits per heavy atom. The Labute approximate surface area is 404 Å². The number of thiocarbonyl (C=S) groups is 1. The topological polar surface area (TPSA) is 179 Å². The van der Waals surface area contributed by atoms with Crippen LogP contribution in [0.3, 0.4) is 0 Å². The number of alkyl halides is 3. The Bertz CT molecular complexity index is 2600. The number of ether oxygens (including phenoxy) is 3. The van der Waals surface area contributed by atoms with Crippen LogP contribution in [0.5, 0.6) is 5.88 Å². The van der Waals surface area contributed by atoms with Gasteiger partial charge in [0.05, 0.1) is 70.1 Å². The van der Waals surface area contributed by atoms with Crippen molar-refractivity contribution in [2.45, 2.75) is 84.7 Å². The van der Waals surface area contributed by atoms with Crippen LogP contribution < -0.4 is 25.2 Å². The van der Waals surface area contributed by atoms with E-state index in [2.05, 4.69) is 20.6 Å². The Kier molecular flexibility index (Phi) is 16.1. The first-order chi connectivity index (χ1) is 32.1. The van der Waals surface area contributed by atoms with Crippen molar-refractivity contribution in [2.75, 3.05) is 49.4 Å². The van der Waals surface area contributed by atoms with Gasteiger partial charge in [-0.25, -0.2) is 14.4 Å². The number of anilines is 2. The zero-order valence-electron chi connectivity index (χ0n) is 38.0. The fourth-order valence-electron chi connectivity index (χ4n) is 7.74. The second-order valence-electron chi connectivity index (χ2n) is 17.5. The van der Waals surface area contributed by atoms with Crippen molar-refractivity contribution in [2.24, 2.45) is 5.41 Å². The van der Waals surface area contributed by atoms with Gasteiger partial charge >= 0.3 is 6.18 Å². The number of nitrogens with zero attached hydrogens (tertiary/aromatic N) is 6. The van der Waals surface area contributed by atoms with Crippen molar-refractivity contribution in [1.29, 1.82) is 5.26 Å². The largest absolute Gasteiger partial charge is 0.475 e. The molecule has 362 valence electrons. The molecule has 4 aromatic rings. The number of carbonyl (C=O) groups excluding carboxylic acids is 4. The van der Waals surface area contributed by atoms with E-state index >= 15 is 4.39 Å². The molecule has 0 bridgehead atoms. The van der Waals surface area contributed by atoms with Crippen molar-refractivity contribution in [3.8, 4) is 22.4 Å². The van der Waals surface area contributed by atoms with Crippen LogP contribution in [0.2, 0.25) is 5.02 Å². The molecule has 4 heterocycles. The predicted molar refractivity (Wildman–Crippen MR) is 249 cm³/mol. The number of benzene rings is 2. The SMILES string of the molecule is Cc1ncsc1-c1ccc(CNC(=O)C2CCCN2C(=O)C(NC(=O)COCCOCCOc2cc(Cl)c(N3C(=S)N(c4ccc(C#N)c(C(F)(F)F)c4F)C(=O)C3(C)C)cn2)C(C)(C)C)cc1. The van der Waals surface area contributed by atoms with Crippen molar-refractivity contribution >= 4 is 75.3 Å². The van der Waals surface area contributed by atoms with Crippen LogP contribution in [0.4, 0.5) is 28.9 Å². The van der Waals surface area contributed by atoms with Crippen molar-refractivity contribution in [1.82, 2.24) is 25.5 Å². The van der Waals surface area contributed by atoms with Gasteiger partial charge in [-0.1, -0.05) is 56.6 Å². The summed E-state index contributed by atoms with van der Waals surface area (Å²) in [6.07, 6.45) is -2.84. The monoisotopic (exact) mass is 1000 g/mol. The molecule has 15 nitrogen and oxygen atoms in total. The van der Waals surface area contributed by atoms with Gasteiger partial charge in [-0.15, -0.1) is 11.3 Å². The van der Waals surface area contributed by atoms with Gasteiger partial charge in [-0.05, 0) is 74.5 Å². The van der Waals surface area contributed by atoms with E-state index in [0.29, 0.717) is 30.8 Å². The maximum atomic E-state index is 15.4. The van der Waals surface area contributed by atoms with Crippen LogP contribution in [0, 0.1) is 29.5 Å². The standard InChI is InChI=1S/C46H49ClF4N8O7S2/c1-26-38(68-25-55-26)28-11-9-27(10-12-28)22-54-40(61)32-8-7-15-57(32)41(62)39(44(2,3)4)56-34(60)24-65-17-16-64-18-19-66-35-20-30(47)33(23-53-35)59-43(67)58(42(63)45(59,5)6)31-14-13-29(21-52)36(37(31)48)46(49,50)51/h9-14,20,23,25,32,39H,7-8,15-19,22,24H2,1-6H3,(H,54,61)(H,56,60). The summed E-state index contributed by atoms with van der Waals surface area (Å²) in [6, 6.07) is 10.6. The molecule has 4 amide bonds. The van der Waals surface area contributed by atoms with Crippen LogP contribution in [0.15, 0.2) is 54.2 Å². The third-order valence-corrected chi connectivity index (χ3v) is 12.9. The fraction of sp³-hybridized carbons (Fsp3) is 0.435. The van der Waals surface area contributed by atoms with E-state index in [9.17, 15) is 32.3 Å². The number of rotatable bonds is 17. The second-order valence-corrected chi connectivity index (χ2v) is 19.1. The lowest BCUT2D eigenvalue weighted by Crippen LogP contribution is -2.58. The third-order valence-electron chi connectivity index (χ3n) is 11.3. The van der Waals surface area contributed by atoms with E-state index in [1.807, 2.05) is 52.0 Å². The van der Waals surface area contributed by atoms with Gasteiger partial charge in [0.25, 0.3) is 5.91 Å². The quantitative estimate of drug-likeness (QED) is 0.0611. The maximum absolute atomic E-state index is 15.4. The minimum absolute atomic E-state index is 0.00123. The van der Waals surface area contributed by atoms with Crippen LogP contribution in [0.1, 0.15) is 69.8 Å². The lowest BCUT2D eigenvalue weighted by Gasteiger charge is -2.35. The lowest BCUT2D eigenvalue weighted by molar-refractivity contribution is -0.144. The molecule has 2 aliphatic heterocycles. The van der Waals surface area contributed by atoms with Gasteiger partial charge in [0.15, 0.2) is 10.9 Å². The Balaban J connectivity index is 0.934. The average Bonchev–Trinajstić information content (AvgIpc) is 3.99. The van der Waals surface area contributed by atoms with Crippen LogP contribution in [-0.4, -0.2) is 101 Å². The smallest absolute Gasteiger partial charge is 0.420 e. The molecule has 0 saturated carbocycles. The highest BCUT2D eigenvalue weighted by Gasteiger charge is 2.52. The molecular weight excluding hydrogens is 952 g/mol. The maximum Gasteiger partial charge on any atom is 0.420 e. The number of hydrogen-bond acceptors (Lipinski definition) is 12. The normalized spacial score (nSPS) is 16.5. The number of aryl methyl sites for hydroxylation is 1. The van der Waals surface area contributed by atoms with Crippen molar-refractivity contribution in [3.63, 3.8) is 0 Å². The molecule has 22 heteroatoms. The number of amides is 4. The van der Waals surface area contributed by atoms with Crippen LogP contribution in [0.25, 0.3) is 10.4 Å². The first kappa shape index (κ1) is 51.6. The zero-order valence-corrected chi connectivity index (χ0v) is 40.4. The molecule has 0 radical (unpaired) electrons. The second kappa shape index (κ2) is 21.2. The van der Waals surface area contributed by atoms with Crippen LogP contribution >= 0.6 is 35.2 Å². The van der Waals surface area contributed by atoms with E-state index in [1.54, 1.807) is 21.7 Å². The number of nitrogens with one attached hydrogen (secondary N) is 2. The molecule has 0 spiro atoms. The number of halogens is 5. The molecule has 2 saturated heterocycles. The predicted octanol–water partition coefficient (Wildman–Crippen LogP) is 7.36. The first-order valence-electron chi connectivity index (χ1n) is 21.4. The molecule has 68 heavy (non-hydrogen) atoms. The number of likely N-dealkylation sites (tertiary alicyclic amines) is 1. The molecule has 2 N–H and O–H groups in total. The highest BCUT2D eigenvalue weighted by Crippen LogP contribution is 2.43. The molecule has 6 rings (SSSR count). The van der Waals surface area contributed by atoms with E-state index in [0.717, 1.165) is 33.8 Å². The highest BCUT2D eigenvalue weighted by molar-refractivity contribution is 7.81. The van der Waals surface area contributed by atoms with Gasteiger partial charge in [0.2, 0.25) is 23.6 Å². The lowest BCUT2D eigenvalue weighted by atomic mass is 9.85. The van der Waals surface area contributed by atoms with E-state index in [-0.39, 0.29) is 66.6 Å². The van der Waals surface area contributed by atoms with Crippen LogP contribution in [-0.2, 0) is 41.4 Å². The van der Waals surface area contributed by atoms with E-state index in [1.165, 1.54) is 37.1 Å². The summed E-state index contributed by atoms with van der Waals surface area (Å²) in [5.41, 5.74) is -0.985. The summed E-state index contributed by atoms with van der Waals surface area (Å²) in [6.45, 7) is 10.8. The van der Waals surface area contributed by atoms with Crippen molar-refractivity contribution in [3.05, 3.63) is 87.4 Å². The Morgan fingerprint density at radius 3 is 2.37 bits per heavy atom. The van der Waals surface area contributed by atoms with Gasteiger partial charge in [0.1, 0.15) is 36.4 Å². The fourth-order valence-corrected chi connectivity index (χ4v) is 9.29. The molecule has 2 aromatic carbocycles. The summed E-state index contributed by atoms with van der Waals surface area (Å²) in [4.78, 5) is 66.9. The zero-order chi connectivity index (χ0) is 49.7. The first-order valence-corrected chi connectivity index (χ1v) is 23.0. The summed E-state index contributed by atoms with van der Waals surface area (Å²) >= 11 is 13.6. The minimum atomic E-state index is -5.23. The van der Waals surface area contributed by atoms with Gasteiger partial charge in [-0.2, -0.15) is 18.4 Å². The molecule has 0 aliphatic carbocycles. The number of nitriles is 1. The molecule has 2 unspecified atom stereocenters. The van der Waals surface area contributed by atoms with Gasteiger partial charge < -0.3 is 34.6 Å². The molecule has 2 aromatic heterocycles. The number of thiazole rings is 1. The number of carbonyl (C=O) groups is 4. The van der Waals surface area contributed by atoms with E-state index in [4.69, 9.17) is 43.3 Å². The summed E-state index contributed by atoms with van der Waals surface area (Å²) in [7, 11) is 0. The van der Waals surface area contributed by atoms with E-state index < -0.39 is 63.7 Å². The third kappa shape index (κ3) is 11.4. The summed E-state index contributed by atoms with van der Waals surface area (Å²) in [5, 5.41) is 14.6. The number of aromatic nitrogens is 2. The summed E-state index contributed by atoms with van der Waals surface area (Å²) in [5.74, 6) is -3.76. The Morgan fingerprint density at radius 1 is 1.04 bits per heavy atom. The van der Waals surface area contributed by atoms with Crippen molar-refractivity contribution < 1.29 is 51.0 Å². The molecule has 2 fully saturated rings. The van der Waals surface area contributed by atoms with Gasteiger partial charge in [-0.3, -0.25) is 24.1 Å². The molecule has 2 atom stereocenters.